The first-order valence-electron chi connectivity index (χ1n) is 3.36. The van der Waals surface area contributed by atoms with Crippen molar-refractivity contribution in [2.24, 2.45) is 0 Å². The van der Waals surface area contributed by atoms with Crippen LogP contribution >= 0.6 is 19.3 Å². The maximum atomic E-state index is 5.66. The van der Waals surface area contributed by atoms with Crippen LogP contribution in [0.15, 0.2) is 0 Å². The Kier molecular flexibility index (Phi) is 4.11. The predicted molar refractivity (Wildman–Crippen MR) is 41.9 cm³/mol. The summed E-state index contributed by atoms with van der Waals surface area (Å²) >= 11 is -2.02. The molecule has 0 aliphatic heterocycles. The van der Waals surface area contributed by atoms with Crippen LogP contribution in [0, 0.1) is 0 Å². The van der Waals surface area contributed by atoms with Gasteiger partial charge >= 0.3 is 74.4 Å². The third-order valence-electron chi connectivity index (χ3n) is 1.60. The first-order chi connectivity index (χ1) is 4.79. The molecular formula is C6H10Cl2NOs+. The Bertz CT molecular complexity index is 172. The van der Waals surface area contributed by atoms with Gasteiger partial charge in [-0.2, -0.15) is 0 Å². The molecule has 0 spiro atoms. The molecule has 1 rings (SSSR count). The molecule has 0 aromatic rings. The van der Waals surface area contributed by atoms with Crippen LogP contribution < -0.4 is 3.32 Å². The minimum atomic E-state index is -2.02. The van der Waals surface area contributed by atoms with Crippen LogP contribution in [0.2, 0.25) is 0 Å². The second-order valence-electron chi connectivity index (χ2n) is 2.38. The van der Waals surface area contributed by atoms with E-state index in [0.717, 1.165) is 12.8 Å². The van der Waals surface area contributed by atoms with Gasteiger partial charge < -0.3 is 0 Å². The Hall–Kier alpha value is 0.796. The van der Waals surface area contributed by atoms with Gasteiger partial charge in [0.15, 0.2) is 0 Å². The zero-order chi connectivity index (χ0) is 7.40. The number of hydrogen-bond acceptors (Lipinski definition) is 0. The molecule has 0 amide bonds. The van der Waals surface area contributed by atoms with Crippen molar-refractivity contribution in [3.8, 4) is 0 Å². The fourth-order valence-corrected chi connectivity index (χ4v) is 3.68. The molecule has 0 aromatic carbocycles. The van der Waals surface area contributed by atoms with E-state index < -0.39 is 14.0 Å². The van der Waals surface area contributed by atoms with Gasteiger partial charge in [0.1, 0.15) is 0 Å². The Morgan fingerprint density at radius 3 is 2.20 bits per heavy atom. The van der Waals surface area contributed by atoms with E-state index in [1.54, 1.807) is 0 Å². The van der Waals surface area contributed by atoms with Crippen LogP contribution in [-0.2, 0) is 14.0 Å². The van der Waals surface area contributed by atoms with E-state index in [4.69, 9.17) is 19.3 Å². The molecule has 0 heterocycles. The van der Waals surface area contributed by atoms with Crippen molar-refractivity contribution < 1.29 is 14.0 Å². The molecule has 10 heavy (non-hydrogen) atoms. The number of hydrogen-bond donors (Lipinski definition) is 0. The van der Waals surface area contributed by atoms with Crippen LogP contribution in [0.3, 0.4) is 0 Å². The van der Waals surface area contributed by atoms with Gasteiger partial charge in [-0.25, -0.2) is 0 Å². The van der Waals surface area contributed by atoms with E-state index in [2.05, 4.69) is 3.32 Å². The van der Waals surface area contributed by atoms with E-state index in [1.165, 1.54) is 25.0 Å². The second-order valence-corrected chi connectivity index (χ2v) is 9.43. The summed E-state index contributed by atoms with van der Waals surface area (Å²) in [5.41, 5.74) is 1.27. The average molecular weight is 357 g/mol. The first kappa shape index (κ1) is 8.89. The molecular weight excluding hydrogens is 347 g/mol. The third kappa shape index (κ3) is 3.27. The van der Waals surface area contributed by atoms with Crippen molar-refractivity contribution >= 4 is 25.0 Å². The Labute approximate surface area is 74.3 Å². The topological polar surface area (TPSA) is 14.1 Å². The van der Waals surface area contributed by atoms with E-state index in [9.17, 15) is 0 Å². The number of rotatable bonds is 0. The SMILES string of the molecule is [Cl][Os]([Cl])=[N+]=C1CCCCC1. The molecule has 60 valence electrons. The van der Waals surface area contributed by atoms with Gasteiger partial charge in [-0.05, 0) is 0 Å². The van der Waals surface area contributed by atoms with Gasteiger partial charge in [0.2, 0.25) is 0 Å². The van der Waals surface area contributed by atoms with Crippen LogP contribution in [0.25, 0.3) is 0 Å². The number of nitrogens with zero attached hydrogens (tertiary/aromatic N) is 1. The molecule has 0 atom stereocenters. The Morgan fingerprint density at radius 2 is 1.70 bits per heavy atom. The molecule has 1 aliphatic carbocycles. The molecule has 0 unspecified atom stereocenters. The monoisotopic (exact) mass is 358 g/mol. The summed E-state index contributed by atoms with van der Waals surface area (Å²) in [4.78, 5) is 0. The fraction of sp³-hybridized carbons (Fsp3) is 0.833. The van der Waals surface area contributed by atoms with Crippen LogP contribution in [0.5, 0.6) is 0 Å². The molecule has 0 aromatic heterocycles. The molecule has 0 N–H and O–H groups in total. The van der Waals surface area contributed by atoms with Crippen molar-refractivity contribution in [2.75, 3.05) is 0 Å². The maximum absolute atomic E-state index is 5.66. The summed E-state index contributed by atoms with van der Waals surface area (Å²) in [5.74, 6) is 0. The van der Waals surface area contributed by atoms with Gasteiger partial charge in [-0.15, -0.1) is 0 Å². The van der Waals surface area contributed by atoms with Gasteiger partial charge in [0.25, 0.3) is 0 Å². The fourth-order valence-electron chi connectivity index (χ4n) is 1.12. The summed E-state index contributed by atoms with van der Waals surface area (Å²) < 4.78 is 4.26. The molecule has 1 fully saturated rings. The molecule has 0 saturated heterocycles. The standard InChI is InChI=1S/C6H10N.2ClH.Os/c7-6-4-2-1-3-5-6;;;/h1-5H2;2*1H;/q-1;;;+4/p-2. The first-order valence-corrected chi connectivity index (χ1v) is 10.8. The molecule has 1 saturated carbocycles. The van der Waals surface area contributed by atoms with Crippen LogP contribution in [-0.4, -0.2) is 5.71 Å². The van der Waals surface area contributed by atoms with E-state index in [0.29, 0.717) is 0 Å². The van der Waals surface area contributed by atoms with Crippen molar-refractivity contribution in [1.82, 2.24) is 3.32 Å². The summed E-state index contributed by atoms with van der Waals surface area (Å²) in [5, 5.41) is 0. The van der Waals surface area contributed by atoms with E-state index in [-0.39, 0.29) is 0 Å². The van der Waals surface area contributed by atoms with Crippen molar-refractivity contribution in [1.29, 1.82) is 0 Å². The average Bonchev–Trinajstić information content (AvgIpc) is 1.88. The summed E-state index contributed by atoms with van der Waals surface area (Å²) in [7, 11) is 11.3. The quantitative estimate of drug-likeness (QED) is 0.592. The molecule has 4 heteroatoms. The predicted octanol–water partition coefficient (Wildman–Crippen LogP) is 2.57. The van der Waals surface area contributed by atoms with Crippen LogP contribution in [0.4, 0.5) is 0 Å². The molecule has 1 aliphatic rings. The van der Waals surface area contributed by atoms with E-state index in [1.807, 2.05) is 0 Å². The summed E-state index contributed by atoms with van der Waals surface area (Å²) in [6, 6.07) is 0. The van der Waals surface area contributed by atoms with Crippen molar-refractivity contribution in [3.63, 3.8) is 0 Å². The summed E-state index contributed by atoms with van der Waals surface area (Å²) in [6.45, 7) is 0. The van der Waals surface area contributed by atoms with Crippen molar-refractivity contribution in [3.05, 3.63) is 0 Å². The van der Waals surface area contributed by atoms with Gasteiger partial charge in [0.05, 0.1) is 0 Å². The Morgan fingerprint density at radius 1 is 1.10 bits per heavy atom. The van der Waals surface area contributed by atoms with Crippen LogP contribution in [0.1, 0.15) is 32.1 Å². The number of halogens is 2. The normalized spacial score (nSPS) is 20.2. The molecule has 0 bridgehead atoms. The zero-order valence-electron chi connectivity index (χ0n) is 5.59. The Balaban J connectivity index is 2.62. The molecule has 0 radical (unpaired) electrons. The minimum absolute atomic E-state index is 1.14. The third-order valence-corrected chi connectivity index (χ3v) is 3.81. The van der Waals surface area contributed by atoms with E-state index >= 15 is 0 Å². The second kappa shape index (κ2) is 4.63. The van der Waals surface area contributed by atoms with Gasteiger partial charge in [-0.3, -0.25) is 0 Å². The van der Waals surface area contributed by atoms with Gasteiger partial charge in [0, 0.05) is 0 Å². The van der Waals surface area contributed by atoms with Crippen molar-refractivity contribution in [2.45, 2.75) is 32.1 Å². The zero-order valence-corrected chi connectivity index (χ0v) is 9.64. The summed E-state index contributed by atoms with van der Waals surface area (Å²) in [6.07, 6.45) is 6.18. The van der Waals surface area contributed by atoms with Gasteiger partial charge in [-0.1, -0.05) is 0 Å². The molecule has 1 nitrogen and oxygen atoms in total.